The Kier molecular flexibility index (Phi) is 15.0. The number of aliphatic imine (C=N–C) groups is 1. The highest BCUT2D eigenvalue weighted by atomic mass is 127. The van der Waals surface area contributed by atoms with Crippen molar-refractivity contribution in [3.8, 4) is 0 Å². The summed E-state index contributed by atoms with van der Waals surface area (Å²) in [5.41, 5.74) is 0. The van der Waals surface area contributed by atoms with Crippen LogP contribution in [0.3, 0.4) is 0 Å². The SMILES string of the molecule is CCOC(CCNC(=NCC(=O)N(C)C)NCC1CCCCO1)C(C)C.I. The maximum Gasteiger partial charge on any atom is 0.243 e. The van der Waals surface area contributed by atoms with Gasteiger partial charge in [-0.25, -0.2) is 4.99 Å². The van der Waals surface area contributed by atoms with Crippen molar-refractivity contribution in [3.63, 3.8) is 0 Å². The Labute approximate surface area is 182 Å². The zero-order valence-corrected chi connectivity index (χ0v) is 20.0. The number of likely N-dealkylation sites (N-methyl/N-ethyl adjacent to an activating group) is 1. The molecule has 2 N–H and O–H groups in total. The lowest BCUT2D eigenvalue weighted by Crippen LogP contribution is -2.44. The second-order valence-electron chi connectivity index (χ2n) is 7.28. The van der Waals surface area contributed by atoms with E-state index >= 15 is 0 Å². The highest BCUT2D eigenvalue weighted by Gasteiger charge is 2.16. The average Bonchev–Trinajstić information content (AvgIpc) is 2.62. The van der Waals surface area contributed by atoms with Crippen molar-refractivity contribution in [1.29, 1.82) is 0 Å². The van der Waals surface area contributed by atoms with Gasteiger partial charge in [0.25, 0.3) is 0 Å². The van der Waals surface area contributed by atoms with Crippen LogP contribution in [0.4, 0.5) is 0 Å². The molecule has 1 fully saturated rings. The van der Waals surface area contributed by atoms with Gasteiger partial charge in [-0.3, -0.25) is 4.79 Å². The average molecular weight is 498 g/mol. The number of carbonyl (C=O) groups excluding carboxylic acids is 1. The van der Waals surface area contributed by atoms with Gasteiger partial charge in [0.2, 0.25) is 5.91 Å². The van der Waals surface area contributed by atoms with Gasteiger partial charge in [-0.2, -0.15) is 0 Å². The predicted molar refractivity (Wildman–Crippen MR) is 121 cm³/mol. The van der Waals surface area contributed by atoms with Crippen LogP contribution >= 0.6 is 24.0 Å². The van der Waals surface area contributed by atoms with Crippen LogP contribution < -0.4 is 10.6 Å². The number of rotatable bonds is 10. The van der Waals surface area contributed by atoms with E-state index < -0.39 is 0 Å². The summed E-state index contributed by atoms with van der Waals surface area (Å²) in [5.74, 6) is 1.11. The smallest absolute Gasteiger partial charge is 0.243 e. The molecule has 0 saturated carbocycles. The molecular formula is C19H39IN4O3. The third-order valence-electron chi connectivity index (χ3n) is 4.49. The molecule has 0 bridgehead atoms. The highest BCUT2D eigenvalue weighted by Crippen LogP contribution is 2.12. The molecule has 7 nitrogen and oxygen atoms in total. The van der Waals surface area contributed by atoms with E-state index in [4.69, 9.17) is 9.47 Å². The topological polar surface area (TPSA) is 75.2 Å². The lowest BCUT2D eigenvalue weighted by Gasteiger charge is -2.24. The van der Waals surface area contributed by atoms with Crippen LogP contribution in [-0.2, 0) is 14.3 Å². The Morgan fingerprint density at radius 1 is 1.30 bits per heavy atom. The van der Waals surface area contributed by atoms with E-state index in [0.29, 0.717) is 18.4 Å². The number of halogens is 1. The first-order chi connectivity index (χ1) is 12.4. The van der Waals surface area contributed by atoms with E-state index in [2.05, 4.69) is 29.5 Å². The first kappa shape index (κ1) is 26.4. The number of carbonyl (C=O) groups is 1. The van der Waals surface area contributed by atoms with Gasteiger partial charge in [-0.05, 0) is 38.5 Å². The minimum Gasteiger partial charge on any atom is -0.378 e. The normalized spacial score (nSPS) is 18.6. The second kappa shape index (κ2) is 15.3. The Morgan fingerprint density at radius 2 is 2.04 bits per heavy atom. The Hall–Kier alpha value is -0.610. The molecule has 160 valence electrons. The molecule has 1 aliphatic heterocycles. The molecule has 1 aliphatic rings. The summed E-state index contributed by atoms with van der Waals surface area (Å²) in [6.45, 7) is 9.50. The molecule has 0 aromatic rings. The number of ether oxygens (including phenoxy) is 2. The maximum absolute atomic E-state index is 11.8. The second-order valence-corrected chi connectivity index (χ2v) is 7.28. The van der Waals surface area contributed by atoms with Gasteiger partial charge in [0.15, 0.2) is 5.96 Å². The fraction of sp³-hybridized carbons (Fsp3) is 0.895. The molecule has 0 aliphatic carbocycles. The van der Waals surface area contributed by atoms with Crippen molar-refractivity contribution < 1.29 is 14.3 Å². The largest absolute Gasteiger partial charge is 0.378 e. The Bertz CT molecular complexity index is 427. The van der Waals surface area contributed by atoms with E-state index in [1.807, 2.05) is 6.92 Å². The summed E-state index contributed by atoms with van der Waals surface area (Å²) in [5, 5.41) is 6.65. The van der Waals surface area contributed by atoms with E-state index in [0.717, 1.165) is 39.0 Å². The van der Waals surface area contributed by atoms with Gasteiger partial charge < -0.3 is 25.0 Å². The molecule has 27 heavy (non-hydrogen) atoms. The van der Waals surface area contributed by atoms with Crippen LogP contribution in [-0.4, -0.2) is 75.9 Å². The molecule has 2 unspecified atom stereocenters. The molecule has 1 saturated heterocycles. The van der Waals surface area contributed by atoms with Gasteiger partial charge in [0.05, 0.1) is 12.2 Å². The van der Waals surface area contributed by atoms with Gasteiger partial charge >= 0.3 is 0 Å². The summed E-state index contributed by atoms with van der Waals surface area (Å²) in [6.07, 6.45) is 4.74. The monoisotopic (exact) mass is 498 g/mol. The van der Waals surface area contributed by atoms with E-state index in [9.17, 15) is 4.79 Å². The first-order valence-corrected chi connectivity index (χ1v) is 9.89. The minimum absolute atomic E-state index is 0. The fourth-order valence-electron chi connectivity index (χ4n) is 2.80. The van der Waals surface area contributed by atoms with Gasteiger partial charge in [-0.1, -0.05) is 13.8 Å². The molecular weight excluding hydrogens is 459 g/mol. The third kappa shape index (κ3) is 11.7. The summed E-state index contributed by atoms with van der Waals surface area (Å²) >= 11 is 0. The lowest BCUT2D eigenvalue weighted by molar-refractivity contribution is -0.127. The van der Waals surface area contributed by atoms with Crippen LogP contribution in [0.15, 0.2) is 4.99 Å². The number of nitrogens with one attached hydrogen (secondary N) is 2. The predicted octanol–water partition coefficient (Wildman–Crippen LogP) is 2.25. The summed E-state index contributed by atoms with van der Waals surface area (Å²) < 4.78 is 11.5. The van der Waals surface area contributed by atoms with E-state index in [1.54, 1.807) is 19.0 Å². The van der Waals surface area contributed by atoms with Crippen LogP contribution in [0.25, 0.3) is 0 Å². The van der Waals surface area contributed by atoms with Crippen LogP contribution in [0.1, 0.15) is 46.5 Å². The summed E-state index contributed by atoms with van der Waals surface area (Å²) in [6, 6.07) is 0. The summed E-state index contributed by atoms with van der Waals surface area (Å²) in [7, 11) is 3.48. The number of nitrogens with zero attached hydrogens (tertiary/aromatic N) is 2. The number of amides is 1. The van der Waals surface area contributed by atoms with Crippen molar-refractivity contribution in [2.45, 2.75) is 58.7 Å². The molecule has 0 aromatic heterocycles. The van der Waals surface area contributed by atoms with Crippen LogP contribution in [0.2, 0.25) is 0 Å². The third-order valence-corrected chi connectivity index (χ3v) is 4.49. The minimum atomic E-state index is -0.0191. The summed E-state index contributed by atoms with van der Waals surface area (Å²) in [4.78, 5) is 17.8. The first-order valence-electron chi connectivity index (χ1n) is 9.89. The highest BCUT2D eigenvalue weighted by molar-refractivity contribution is 14.0. The lowest BCUT2D eigenvalue weighted by atomic mass is 10.0. The fourth-order valence-corrected chi connectivity index (χ4v) is 2.80. The maximum atomic E-state index is 11.8. The molecule has 1 heterocycles. The van der Waals surface area contributed by atoms with Gasteiger partial charge in [0, 0.05) is 40.4 Å². The van der Waals surface area contributed by atoms with Crippen molar-refractivity contribution in [1.82, 2.24) is 15.5 Å². The molecule has 0 aromatic carbocycles. The van der Waals surface area contributed by atoms with Gasteiger partial charge in [-0.15, -0.1) is 24.0 Å². The van der Waals surface area contributed by atoms with Crippen molar-refractivity contribution in [2.24, 2.45) is 10.9 Å². The molecule has 1 rings (SSSR count). The van der Waals surface area contributed by atoms with Crippen molar-refractivity contribution >= 4 is 35.8 Å². The number of hydrogen-bond donors (Lipinski definition) is 2. The van der Waals surface area contributed by atoms with Crippen molar-refractivity contribution in [3.05, 3.63) is 0 Å². The zero-order valence-electron chi connectivity index (χ0n) is 17.6. The molecule has 8 heteroatoms. The van der Waals surface area contributed by atoms with E-state index in [1.165, 1.54) is 6.42 Å². The van der Waals surface area contributed by atoms with E-state index in [-0.39, 0.29) is 48.6 Å². The molecule has 2 atom stereocenters. The van der Waals surface area contributed by atoms with Crippen LogP contribution in [0, 0.1) is 5.92 Å². The standard InChI is InChI=1S/C19H38N4O3.HI/c1-6-25-17(15(2)3)10-11-20-19(22-14-18(24)23(4)5)21-13-16-9-7-8-12-26-16;/h15-17H,6-14H2,1-5H3,(H2,20,21,22);1H. The Morgan fingerprint density at radius 3 is 2.59 bits per heavy atom. The molecule has 0 spiro atoms. The number of hydrogen-bond acceptors (Lipinski definition) is 4. The molecule has 1 amide bonds. The zero-order chi connectivity index (χ0) is 19.4. The molecule has 0 radical (unpaired) electrons. The van der Waals surface area contributed by atoms with Crippen molar-refractivity contribution in [2.75, 3.05) is 46.9 Å². The number of guanidine groups is 1. The van der Waals surface area contributed by atoms with Crippen LogP contribution in [0.5, 0.6) is 0 Å². The Balaban J connectivity index is 0.00000676. The van der Waals surface area contributed by atoms with Gasteiger partial charge in [0.1, 0.15) is 6.54 Å². The quantitative estimate of drug-likeness (QED) is 0.275.